The van der Waals surface area contributed by atoms with E-state index in [4.69, 9.17) is 14.2 Å². The summed E-state index contributed by atoms with van der Waals surface area (Å²) >= 11 is 1.30. The Morgan fingerprint density at radius 2 is 1.84 bits per heavy atom. The van der Waals surface area contributed by atoms with Crippen molar-refractivity contribution in [2.45, 2.75) is 31.8 Å². The number of anilines is 1. The van der Waals surface area contributed by atoms with Gasteiger partial charge in [0.05, 0.1) is 7.11 Å². The standard InChI is InChI=1S/C25H23NO5S/c1-29-25(28)22-18(17-11-10-15-6-2-3-7-16(15)12-17)14-32-24(22)26-23(27)21-13-30-19-8-4-5-9-20(19)31-21/h4-5,8-12,14,21H,2-3,6-7,13H2,1H3,(H,26,27). The number of benzene rings is 2. The van der Waals surface area contributed by atoms with Crippen LogP contribution in [0.5, 0.6) is 11.5 Å². The molecule has 0 saturated carbocycles. The topological polar surface area (TPSA) is 73.9 Å². The first-order valence-electron chi connectivity index (χ1n) is 10.7. The van der Waals surface area contributed by atoms with Crippen molar-refractivity contribution < 1.29 is 23.8 Å². The van der Waals surface area contributed by atoms with Crippen LogP contribution in [0.15, 0.2) is 47.8 Å². The zero-order valence-corrected chi connectivity index (χ0v) is 18.5. The maximum Gasteiger partial charge on any atom is 0.341 e. The Balaban J connectivity index is 1.42. The molecule has 0 bridgehead atoms. The quantitative estimate of drug-likeness (QED) is 0.576. The van der Waals surface area contributed by atoms with Gasteiger partial charge in [-0.2, -0.15) is 0 Å². The minimum absolute atomic E-state index is 0.0967. The highest BCUT2D eigenvalue weighted by Gasteiger charge is 2.30. The number of esters is 1. The molecule has 164 valence electrons. The molecule has 1 N–H and O–H groups in total. The Morgan fingerprint density at radius 1 is 1.06 bits per heavy atom. The molecule has 6 nitrogen and oxygen atoms in total. The summed E-state index contributed by atoms with van der Waals surface area (Å²) in [6.07, 6.45) is 3.72. The smallest absolute Gasteiger partial charge is 0.341 e. The summed E-state index contributed by atoms with van der Waals surface area (Å²) in [5.41, 5.74) is 4.77. The number of nitrogens with one attached hydrogen (secondary N) is 1. The third kappa shape index (κ3) is 3.84. The van der Waals surface area contributed by atoms with Gasteiger partial charge in [-0.05, 0) is 54.5 Å². The predicted molar refractivity (Wildman–Crippen MR) is 123 cm³/mol. The number of para-hydroxylation sites is 2. The van der Waals surface area contributed by atoms with Crippen LogP contribution < -0.4 is 14.8 Å². The lowest BCUT2D eigenvalue weighted by molar-refractivity contribution is -0.125. The largest absolute Gasteiger partial charge is 0.485 e. The van der Waals surface area contributed by atoms with E-state index in [-0.39, 0.29) is 12.5 Å². The van der Waals surface area contributed by atoms with Gasteiger partial charge in [-0.25, -0.2) is 4.79 Å². The van der Waals surface area contributed by atoms with Gasteiger partial charge in [0.2, 0.25) is 6.10 Å². The Morgan fingerprint density at radius 3 is 2.66 bits per heavy atom. The molecule has 1 aliphatic heterocycles. The number of amides is 1. The lowest BCUT2D eigenvalue weighted by Crippen LogP contribution is -2.40. The molecule has 1 aromatic heterocycles. The van der Waals surface area contributed by atoms with E-state index in [0.29, 0.717) is 22.1 Å². The van der Waals surface area contributed by atoms with Crippen LogP contribution in [0.4, 0.5) is 5.00 Å². The Bertz CT molecular complexity index is 1180. The molecule has 1 amide bonds. The third-order valence-corrected chi connectivity index (χ3v) is 6.77. The SMILES string of the molecule is COC(=O)c1c(-c2ccc3c(c2)CCCC3)csc1NC(=O)C1COc2ccccc2O1. The minimum Gasteiger partial charge on any atom is -0.485 e. The highest BCUT2D eigenvalue weighted by Crippen LogP contribution is 2.38. The lowest BCUT2D eigenvalue weighted by atomic mass is 9.89. The molecule has 0 saturated heterocycles. The summed E-state index contributed by atoms with van der Waals surface area (Å²) in [6, 6.07) is 13.6. The number of ether oxygens (including phenoxy) is 3. The lowest BCUT2D eigenvalue weighted by Gasteiger charge is -2.25. The van der Waals surface area contributed by atoms with E-state index < -0.39 is 12.1 Å². The number of hydrogen-bond acceptors (Lipinski definition) is 6. The normalized spacial score (nSPS) is 16.7. The van der Waals surface area contributed by atoms with Crippen molar-refractivity contribution in [1.29, 1.82) is 0 Å². The van der Waals surface area contributed by atoms with Crippen LogP contribution in [0.2, 0.25) is 0 Å². The number of methoxy groups -OCH3 is 1. The third-order valence-electron chi connectivity index (χ3n) is 5.88. The Labute approximate surface area is 190 Å². The summed E-state index contributed by atoms with van der Waals surface area (Å²) in [7, 11) is 1.34. The summed E-state index contributed by atoms with van der Waals surface area (Å²) in [6.45, 7) is 0.0967. The first-order chi connectivity index (χ1) is 15.6. The zero-order chi connectivity index (χ0) is 22.1. The molecule has 2 aliphatic rings. The van der Waals surface area contributed by atoms with Gasteiger partial charge in [-0.3, -0.25) is 4.79 Å². The van der Waals surface area contributed by atoms with Crippen molar-refractivity contribution in [3.8, 4) is 22.6 Å². The van der Waals surface area contributed by atoms with Crippen molar-refractivity contribution >= 4 is 28.2 Å². The van der Waals surface area contributed by atoms with Crippen molar-refractivity contribution in [2.24, 2.45) is 0 Å². The van der Waals surface area contributed by atoms with E-state index in [1.54, 1.807) is 12.1 Å². The molecule has 1 aliphatic carbocycles. The molecule has 2 aromatic carbocycles. The van der Waals surface area contributed by atoms with Crippen molar-refractivity contribution in [2.75, 3.05) is 19.0 Å². The number of aryl methyl sites for hydroxylation is 2. The summed E-state index contributed by atoms with van der Waals surface area (Å²) in [5.74, 6) is 0.273. The predicted octanol–water partition coefficient (Wildman–Crippen LogP) is 4.86. The number of carbonyl (C=O) groups excluding carboxylic acids is 2. The van der Waals surface area contributed by atoms with Gasteiger partial charge in [-0.15, -0.1) is 11.3 Å². The number of rotatable bonds is 4. The molecule has 1 atom stereocenters. The number of fused-ring (bicyclic) bond motifs is 2. The van der Waals surface area contributed by atoms with Crippen molar-refractivity contribution in [1.82, 2.24) is 0 Å². The molecule has 0 radical (unpaired) electrons. The van der Waals surface area contributed by atoms with Gasteiger partial charge in [0.25, 0.3) is 5.91 Å². The second kappa shape index (κ2) is 8.67. The van der Waals surface area contributed by atoms with Gasteiger partial charge >= 0.3 is 5.97 Å². The van der Waals surface area contributed by atoms with Gasteiger partial charge in [-0.1, -0.05) is 30.3 Å². The number of hydrogen-bond donors (Lipinski definition) is 1. The van der Waals surface area contributed by atoms with Crippen LogP contribution in [0, 0.1) is 0 Å². The molecule has 1 unspecified atom stereocenters. The first-order valence-corrected chi connectivity index (χ1v) is 11.5. The molecule has 3 aromatic rings. The highest BCUT2D eigenvalue weighted by atomic mass is 32.1. The van der Waals surface area contributed by atoms with E-state index in [1.165, 1.54) is 42.4 Å². The fourth-order valence-corrected chi connectivity index (χ4v) is 5.17. The fraction of sp³-hybridized carbons (Fsp3) is 0.280. The minimum atomic E-state index is -0.815. The summed E-state index contributed by atoms with van der Waals surface area (Å²) < 4.78 is 16.5. The average molecular weight is 450 g/mol. The Hall–Kier alpha value is -3.32. The zero-order valence-electron chi connectivity index (χ0n) is 17.7. The van der Waals surface area contributed by atoms with Gasteiger partial charge in [0.1, 0.15) is 17.2 Å². The van der Waals surface area contributed by atoms with Crippen LogP contribution in [0.3, 0.4) is 0 Å². The summed E-state index contributed by atoms with van der Waals surface area (Å²) in [4.78, 5) is 25.6. The van der Waals surface area contributed by atoms with Crippen LogP contribution in [0.1, 0.15) is 34.3 Å². The van der Waals surface area contributed by atoms with Crippen LogP contribution in [-0.4, -0.2) is 31.7 Å². The van der Waals surface area contributed by atoms with Crippen LogP contribution >= 0.6 is 11.3 Å². The van der Waals surface area contributed by atoms with Crippen molar-refractivity contribution in [3.63, 3.8) is 0 Å². The van der Waals surface area contributed by atoms with Crippen molar-refractivity contribution in [3.05, 3.63) is 64.5 Å². The first kappa shape index (κ1) is 20.6. The molecule has 0 spiro atoms. The molecule has 5 rings (SSSR count). The van der Waals surface area contributed by atoms with Gasteiger partial charge in [0.15, 0.2) is 11.5 Å². The summed E-state index contributed by atoms with van der Waals surface area (Å²) in [5, 5.41) is 5.18. The monoisotopic (exact) mass is 449 g/mol. The molecule has 7 heteroatoms. The molecular formula is C25H23NO5S. The number of thiophene rings is 1. The maximum atomic E-state index is 12.9. The molecule has 0 fully saturated rings. The number of carbonyl (C=O) groups is 2. The highest BCUT2D eigenvalue weighted by molar-refractivity contribution is 7.15. The second-order valence-corrected chi connectivity index (χ2v) is 8.77. The van der Waals surface area contributed by atoms with Gasteiger partial charge < -0.3 is 19.5 Å². The van der Waals surface area contributed by atoms with Crippen LogP contribution in [-0.2, 0) is 22.4 Å². The fourth-order valence-electron chi connectivity index (χ4n) is 4.21. The van der Waals surface area contributed by atoms with E-state index in [9.17, 15) is 9.59 Å². The molecule has 32 heavy (non-hydrogen) atoms. The van der Waals surface area contributed by atoms with Crippen LogP contribution in [0.25, 0.3) is 11.1 Å². The maximum absolute atomic E-state index is 12.9. The molecular weight excluding hydrogens is 426 g/mol. The van der Waals surface area contributed by atoms with E-state index >= 15 is 0 Å². The van der Waals surface area contributed by atoms with E-state index in [0.717, 1.165) is 24.0 Å². The average Bonchev–Trinajstić information content (AvgIpc) is 3.26. The van der Waals surface area contributed by atoms with Gasteiger partial charge in [0, 0.05) is 10.9 Å². The Kier molecular flexibility index (Phi) is 5.57. The molecule has 2 heterocycles. The second-order valence-electron chi connectivity index (χ2n) is 7.89. The van der Waals surface area contributed by atoms with E-state index in [2.05, 4.69) is 17.4 Å². The van der Waals surface area contributed by atoms with E-state index in [1.807, 2.05) is 23.6 Å².